The number of hydrogen-bond acceptors (Lipinski definition) is 4. The number of nitrogens with one attached hydrogen (secondary N) is 1. The third-order valence-electron chi connectivity index (χ3n) is 5.41. The molecule has 0 fully saturated rings. The molecule has 6 nitrogen and oxygen atoms in total. The van der Waals surface area contributed by atoms with Gasteiger partial charge in [0.05, 0.1) is 34.8 Å². The summed E-state index contributed by atoms with van der Waals surface area (Å²) in [4.78, 5) is 13.3. The molecule has 0 saturated carbocycles. The molecule has 36 heavy (non-hydrogen) atoms. The number of carbonyl (C=O) groups is 1. The maximum absolute atomic E-state index is 13.8. The van der Waals surface area contributed by atoms with Gasteiger partial charge in [-0.3, -0.25) is 9.10 Å². The summed E-state index contributed by atoms with van der Waals surface area (Å²) in [5.41, 5.74) is 1.30. The van der Waals surface area contributed by atoms with Gasteiger partial charge in [0.25, 0.3) is 15.9 Å². The number of rotatable bonds is 8. The highest BCUT2D eigenvalue weighted by Crippen LogP contribution is 2.31. The molecule has 0 bridgehead atoms. The van der Waals surface area contributed by atoms with Gasteiger partial charge in [-0.05, 0) is 60.2 Å². The van der Waals surface area contributed by atoms with E-state index in [9.17, 15) is 17.6 Å². The average Bonchev–Trinajstić information content (AvgIpc) is 2.90. The number of ether oxygens (including phenoxy) is 1. The Morgan fingerprint density at radius 2 is 1.61 bits per heavy atom. The first-order chi connectivity index (χ1) is 17.3. The number of hydrogen-bond donors (Lipinski definition) is 1. The fourth-order valence-electron chi connectivity index (χ4n) is 3.58. The van der Waals surface area contributed by atoms with Crippen LogP contribution in [0.2, 0.25) is 5.02 Å². The first-order valence-electron chi connectivity index (χ1n) is 10.9. The number of halogens is 2. The summed E-state index contributed by atoms with van der Waals surface area (Å²) in [6.07, 6.45) is 0. The Bertz CT molecular complexity index is 1480. The number of anilines is 2. The number of benzene rings is 4. The van der Waals surface area contributed by atoms with Crippen molar-refractivity contribution >= 4 is 38.9 Å². The predicted octanol–water partition coefficient (Wildman–Crippen LogP) is 6.14. The van der Waals surface area contributed by atoms with Crippen molar-refractivity contribution in [1.29, 1.82) is 0 Å². The highest BCUT2D eigenvalue weighted by molar-refractivity contribution is 7.92. The van der Waals surface area contributed by atoms with Gasteiger partial charge >= 0.3 is 0 Å². The molecule has 4 aromatic carbocycles. The van der Waals surface area contributed by atoms with Crippen molar-refractivity contribution in [3.8, 4) is 5.75 Å². The Hall–Kier alpha value is -3.88. The Labute approximate surface area is 214 Å². The first kappa shape index (κ1) is 25.2. The lowest BCUT2D eigenvalue weighted by atomic mass is 10.1. The number of amides is 1. The number of methoxy groups -OCH3 is 1. The van der Waals surface area contributed by atoms with Gasteiger partial charge in [-0.2, -0.15) is 0 Å². The van der Waals surface area contributed by atoms with Crippen LogP contribution in [-0.4, -0.2) is 21.4 Å². The second kappa shape index (κ2) is 10.8. The average molecular weight is 525 g/mol. The van der Waals surface area contributed by atoms with Crippen molar-refractivity contribution in [3.63, 3.8) is 0 Å². The molecule has 0 spiro atoms. The Balaban J connectivity index is 1.77. The molecule has 0 aliphatic heterocycles. The SMILES string of the molecule is COc1ccc(S(=O)(=O)N(Cc2ccccc2)c2ccccc2C(=O)Nc2ccc(F)c(Cl)c2)cc1. The summed E-state index contributed by atoms with van der Waals surface area (Å²) in [6, 6.07) is 25.3. The molecule has 0 aliphatic rings. The number of nitrogens with zero attached hydrogens (tertiary/aromatic N) is 1. The van der Waals surface area contributed by atoms with Crippen LogP contribution in [-0.2, 0) is 16.6 Å². The van der Waals surface area contributed by atoms with Gasteiger partial charge in [-0.25, -0.2) is 12.8 Å². The maximum atomic E-state index is 13.8. The maximum Gasteiger partial charge on any atom is 0.264 e. The normalized spacial score (nSPS) is 11.1. The zero-order chi connectivity index (χ0) is 25.7. The molecule has 0 radical (unpaired) electrons. The highest BCUT2D eigenvalue weighted by Gasteiger charge is 2.29. The van der Waals surface area contributed by atoms with Gasteiger partial charge in [-0.15, -0.1) is 0 Å². The number of carbonyl (C=O) groups excluding carboxylic acids is 1. The van der Waals surface area contributed by atoms with Crippen LogP contribution in [0.1, 0.15) is 15.9 Å². The summed E-state index contributed by atoms with van der Waals surface area (Å²) in [7, 11) is -2.60. The van der Waals surface area contributed by atoms with E-state index in [4.69, 9.17) is 16.3 Å². The van der Waals surface area contributed by atoms with E-state index in [-0.39, 0.29) is 33.4 Å². The summed E-state index contributed by atoms with van der Waals surface area (Å²) in [6.45, 7) is -0.0120. The zero-order valence-corrected chi connectivity index (χ0v) is 20.8. The molecule has 1 N–H and O–H groups in total. The van der Waals surface area contributed by atoms with Gasteiger partial charge in [0, 0.05) is 5.69 Å². The van der Waals surface area contributed by atoms with Gasteiger partial charge in [0.1, 0.15) is 11.6 Å². The van der Waals surface area contributed by atoms with Crippen LogP contribution in [0.4, 0.5) is 15.8 Å². The summed E-state index contributed by atoms with van der Waals surface area (Å²) in [5.74, 6) is -0.674. The summed E-state index contributed by atoms with van der Waals surface area (Å²) < 4.78 is 47.6. The molecule has 0 atom stereocenters. The molecule has 0 unspecified atom stereocenters. The van der Waals surface area contributed by atoms with E-state index in [1.807, 2.05) is 18.2 Å². The van der Waals surface area contributed by atoms with Crippen LogP contribution in [0.15, 0.2) is 102 Å². The Kier molecular flexibility index (Phi) is 7.57. The third-order valence-corrected chi connectivity index (χ3v) is 7.47. The molecule has 0 saturated heterocycles. The largest absolute Gasteiger partial charge is 0.497 e. The fourth-order valence-corrected chi connectivity index (χ4v) is 5.23. The van der Waals surface area contributed by atoms with E-state index < -0.39 is 21.7 Å². The Morgan fingerprint density at radius 1 is 0.944 bits per heavy atom. The van der Waals surface area contributed by atoms with Crippen LogP contribution in [0.3, 0.4) is 0 Å². The van der Waals surface area contributed by atoms with E-state index in [0.29, 0.717) is 5.75 Å². The molecular formula is C27H22ClFN2O4S. The highest BCUT2D eigenvalue weighted by atomic mass is 35.5. The fraction of sp³-hybridized carbons (Fsp3) is 0.0741. The second-order valence-electron chi connectivity index (χ2n) is 7.77. The van der Waals surface area contributed by atoms with Crippen molar-refractivity contribution in [2.24, 2.45) is 0 Å². The van der Waals surface area contributed by atoms with Crippen LogP contribution in [0.5, 0.6) is 5.75 Å². The summed E-state index contributed by atoms with van der Waals surface area (Å²) >= 11 is 5.84. The molecule has 0 aliphatic carbocycles. The van der Waals surface area contributed by atoms with Crippen LogP contribution in [0, 0.1) is 5.82 Å². The van der Waals surface area contributed by atoms with Crippen LogP contribution in [0.25, 0.3) is 0 Å². The number of sulfonamides is 1. The zero-order valence-electron chi connectivity index (χ0n) is 19.2. The second-order valence-corrected chi connectivity index (χ2v) is 10.0. The van der Waals surface area contributed by atoms with E-state index in [2.05, 4.69) is 5.32 Å². The predicted molar refractivity (Wildman–Crippen MR) is 139 cm³/mol. The topological polar surface area (TPSA) is 75.7 Å². The van der Waals surface area contributed by atoms with E-state index in [1.54, 1.807) is 42.5 Å². The van der Waals surface area contributed by atoms with Crippen molar-refractivity contribution in [3.05, 3.63) is 119 Å². The first-order valence-corrected chi connectivity index (χ1v) is 12.7. The number of para-hydroxylation sites is 1. The minimum Gasteiger partial charge on any atom is -0.497 e. The minimum atomic E-state index is -4.09. The van der Waals surface area contributed by atoms with Crippen molar-refractivity contribution < 1.29 is 22.3 Å². The molecule has 0 heterocycles. The van der Waals surface area contributed by atoms with E-state index >= 15 is 0 Å². The minimum absolute atomic E-state index is 0.0120. The van der Waals surface area contributed by atoms with Crippen LogP contribution >= 0.6 is 11.6 Å². The molecule has 0 aromatic heterocycles. The van der Waals surface area contributed by atoms with Crippen LogP contribution < -0.4 is 14.4 Å². The smallest absolute Gasteiger partial charge is 0.264 e. The van der Waals surface area contributed by atoms with E-state index in [1.165, 1.54) is 41.7 Å². The lowest BCUT2D eigenvalue weighted by Crippen LogP contribution is -2.32. The standard InChI is InChI=1S/C27H22ClFN2O4S/c1-35-21-12-14-22(15-13-21)36(33,34)31(18-19-7-3-2-4-8-19)26-10-6-5-9-23(26)27(32)30-20-11-16-25(29)24(28)17-20/h2-17H,18H2,1H3,(H,30,32). The molecule has 1 amide bonds. The monoisotopic (exact) mass is 524 g/mol. The van der Waals surface area contributed by atoms with Crippen molar-refractivity contribution in [1.82, 2.24) is 0 Å². The summed E-state index contributed by atoms with van der Waals surface area (Å²) in [5, 5.41) is 2.52. The van der Waals surface area contributed by atoms with Gasteiger partial charge in [0.2, 0.25) is 0 Å². The van der Waals surface area contributed by atoms with Crippen molar-refractivity contribution in [2.45, 2.75) is 11.4 Å². The van der Waals surface area contributed by atoms with Gasteiger partial charge in [0.15, 0.2) is 0 Å². The quantitative estimate of drug-likeness (QED) is 0.300. The molecular weight excluding hydrogens is 503 g/mol. The molecule has 9 heteroatoms. The lowest BCUT2D eigenvalue weighted by Gasteiger charge is -2.26. The molecule has 4 rings (SSSR count). The third kappa shape index (κ3) is 5.50. The van der Waals surface area contributed by atoms with E-state index in [0.717, 1.165) is 11.6 Å². The Morgan fingerprint density at radius 3 is 2.28 bits per heavy atom. The van der Waals surface area contributed by atoms with Crippen molar-refractivity contribution in [2.75, 3.05) is 16.7 Å². The van der Waals surface area contributed by atoms with Gasteiger partial charge < -0.3 is 10.1 Å². The molecule has 184 valence electrons. The van der Waals surface area contributed by atoms with Gasteiger partial charge in [-0.1, -0.05) is 54.1 Å². The lowest BCUT2D eigenvalue weighted by molar-refractivity contribution is 0.102. The molecule has 4 aromatic rings.